The number of aryl methyl sites for hydroxylation is 1. The fourth-order valence-corrected chi connectivity index (χ4v) is 2.25. The van der Waals surface area contributed by atoms with E-state index in [1.165, 1.54) is 0 Å². The molecule has 1 saturated heterocycles. The molecule has 1 aliphatic heterocycles. The summed E-state index contributed by atoms with van der Waals surface area (Å²) in [4.78, 5) is 14.1. The Hall–Kier alpha value is -1.52. The number of hydrogen-bond acceptors (Lipinski definition) is 3. The van der Waals surface area contributed by atoms with Gasteiger partial charge in [0.05, 0.1) is 6.04 Å². The Bertz CT molecular complexity index is 434. The first-order chi connectivity index (χ1) is 8.37. The summed E-state index contributed by atoms with van der Waals surface area (Å²) < 4.78 is 5.10. The minimum atomic E-state index is -0.218. The van der Waals surface area contributed by atoms with E-state index >= 15 is 0 Å². The normalized spacial score (nSPS) is 20.2. The number of amides is 2. The maximum absolute atomic E-state index is 12.2. The van der Waals surface area contributed by atoms with Crippen LogP contribution in [0.5, 0.6) is 0 Å². The van der Waals surface area contributed by atoms with Crippen molar-refractivity contribution in [2.45, 2.75) is 52.1 Å². The smallest absolute Gasteiger partial charge is 0.318 e. The van der Waals surface area contributed by atoms with E-state index in [1.54, 1.807) is 0 Å². The Kier molecular flexibility index (Phi) is 3.32. The maximum atomic E-state index is 12.2. The molecule has 2 amide bonds. The molecule has 1 aromatic heterocycles. The summed E-state index contributed by atoms with van der Waals surface area (Å²) in [6.45, 7) is 8.59. The number of hydrogen-bond donors (Lipinski definition) is 1. The van der Waals surface area contributed by atoms with Crippen LogP contribution in [0.1, 0.15) is 51.1 Å². The molecule has 1 N–H and O–H groups in total. The van der Waals surface area contributed by atoms with E-state index in [0.717, 1.165) is 30.8 Å². The molecule has 0 bridgehead atoms. The Morgan fingerprint density at radius 3 is 2.83 bits per heavy atom. The van der Waals surface area contributed by atoms with Gasteiger partial charge >= 0.3 is 6.03 Å². The van der Waals surface area contributed by atoms with Crippen molar-refractivity contribution in [3.05, 3.63) is 17.5 Å². The van der Waals surface area contributed by atoms with E-state index in [2.05, 4.69) is 10.5 Å². The second-order valence-corrected chi connectivity index (χ2v) is 5.89. The number of nitrogens with zero attached hydrogens (tertiary/aromatic N) is 2. The van der Waals surface area contributed by atoms with Gasteiger partial charge < -0.3 is 14.7 Å². The molecule has 100 valence electrons. The summed E-state index contributed by atoms with van der Waals surface area (Å²) in [5.74, 6) is 0.785. The highest BCUT2D eigenvalue weighted by Crippen LogP contribution is 2.31. The number of aromatic nitrogens is 1. The van der Waals surface area contributed by atoms with Gasteiger partial charge in [-0.2, -0.15) is 0 Å². The highest BCUT2D eigenvalue weighted by atomic mass is 16.5. The summed E-state index contributed by atoms with van der Waals surface area (Å²) in [5, 5.41) is 7.03. The van der Waals surface area contributed by atoms with Crippen LogP contribution in [0.25, 0.3) is 0 Å². The summed E-state index contributed by atoms with van der Waals surface area (Å²) in [5.41, 5.74) is 0.637. The van der Waals surface area contributed by atoms with Gasteiger partial charge in [0, 0.05) is 18.2 Å². The van der Waals surface area contributed by atoms with E-state index in [1.807, 2.05) is 38.7 Å². The Labute approximate surface area is 108 Å². The van der Waals surface area contributed by atoms with Gasteiger partial charge in [-0.1, -0.05) is 5.16 Å². The van der Waals surface area contributed by atoms with Crippen molar-refractivity contribution in [1.82, 2.24) is 15.4 Å². The summed E-state index contributed by atoms with van der Waals surface area (Å²) in [7, 11) is 0. The van der Waals surface area contributed by atoms with Gasteiger partial charge in [0.25, 0.3) is 0 Å². The second kappa shape index (κ2) is 4.63. The molecule has 0 radical (unpaired) electrons. The van der Waals surface area contributed by atoms with Crippen LogP contribution in [0, 0.1) is 6.92 Å². The number of likely N-dealkylation sites (tertiary alicyclic amines) is 1. The Morgan fingerprint density at radius 2 is 2.28 bits per heavy atom. The Balaban J connectivity index is 2.10. The average Bonchev–Trinajstić information content (AvgIpc) is 2.81. The van der Waals surface area contributed by atoms with Crippen molar-refractivity contribution in [2.75, 3.05) is 6.54 Å². The lowest BCUT2D eigenvalue weighted by molar-refractivity contribution is 0.181. The van der Waals surface area contributed by atoms with E-state index in [9.17, 15) is 4.79 Å². The zero-order valence-electron chi connectivity index (χ0n) is 11.5. The number of nitrogens with one attached hydrogen (secondary N) is 1. The van der Waals surface area contributed by atoms with Crippen LogP contribution in [-0.2, 0) is 0 Å². The third-order valence-electron chi connectivity index (χ3n) is 2.98. The van der Waals surface area contributed by atoms with Gasteiger partial charge in [-0.05, 0) is 40.5 Å². The lowest BCUT2D eigenvalue weighted by Crippen LogP contribution is -2.48. The molecule has 2 rings (SSSR count). The van der Waals surface area contributed by atoms with Crippen molar-refractivity contribution in [1.29, 1.82) is 0 Å². The first-order valence-electron chi connectivity index (χ1n) is 6.39. The van der Waals surface area contributed by atoms with Crippen molar-refractivity contribution in [3.63, 3.8) is 0 Å². The lowest BCUT2D eigenvalue weighted by Gasteiger charge is -2.28. The predicted molar refractivity (Wildman–Crippen MR) is 68.2 cm³/mol. The van der Waals surface area contributed by atoms with Crippen molar-refractivity contribution >= 4 is 6.03 Å². The van der Waals surface area contributed by atoms with Crippen LogP contribution in [0.15, 0.2) is 10.6 Å². The third kappa shape index (κ3) is 2.83. The highest BCUT2D eigenvalue weighted by Gasteiger charge is 2.33. The molecule has 1 atom stereocenters. The number of carbonyl (C=O) groups excluding carboxylic acids is 1. The summed E-state index contributed by atoms with van der Waals surface area (Å²) >= 11 is 0. The molecule has 5 nitrogen and oxygen atoms in total. The zero-order valence-corrected chi connectivity index (χ0v) is 11.5. The molecule has 2 heterocycles. The first-order valence-corrected chi connectivity index (χ1v) is 6.39. The fourth-order valence-electron chi connectivity index (χ4n) is 2.25. The van der Waals surface area contributed by atoms with Crippen LogP contribution in [0.3, 0.4) is 0 Å². The molecule has 0 spiro atoms. The molecule has 0 aromatic carbocycles. The highest BCUT2D eigenvalue weighted by molar-refractivity contribution is 5.75. The van der Waals surface area contributed by atoms with E-state index in [4.69, 9.17) is 4.52 Å². The minimum absolute atomic E-state index is 0.0225. The molecule has 0 unspecified atom stereocenters. The fraction of sp³-hybridized carbons (Fsp3) is 0.692. The van der Waals surface area contributed by atoms with Crippen molar-refractivity contribution in [2.24, 2.45) is 0 Å². The topological polar surface area (TPSA) is 58.4 Å². The average molecular weight is 251 g/mol. The SMILES string of the molecule is Cc1cc([C@H]2CCCN2C(=O)NC(C)(C)C)no1. The van der Waals surface area contributed by atoms with Crippen LogP contribution in [0.4, 0.5) is 4.79 Å². The number of carbonyl (C=O) groups is 1. The van der Waals surface area contributed by atoms with Crippen molar-refractivity contribution in [3.8, 4) is 0 Å². The van der Waals surface area contributed by atoms with Gasteiger partial charge in [0.2, 0.25) is 0 Å². The van der Waals surface area contributed by atoms with Crippen LogP contribution < -0.4 is 5.32 Å². The van der Waals surface area contributed by atoms with Gasteiger partial charge in [-0.25, -0.2) is 4.79 Å². The molecule has 5 heteroatoms. The van der Waals surface area contributed by atoms with Gasteiger partial charge in [0.15, 0.2) is 0 Å². The first kappa shape index (κ1) is 12.9. The molecule has 18 heavy (non-hydrogen) atoms. The standard InChI is InChI=1S/C13H21N3O2/c1-9-8-10(15-18-9)11-6-5-7-16(11)12(17)14-13(2,3)4/h8,11H,5-7H2,1-4H3,(H,14,17)/t11-/m1/s1. The van der Waals surface area contributed by atoms with Crippen LogP contribution in [-0.4, -0.2) is 28.2 Å². The van der Waals surface area contributed by atoms with Gasteiger partial charge in [-0.3, -0.25) is 0 Å². The van der Waals surface area contributed by atoms with Gasteiger partial charge in [-0.15, -0.1) is 0 Å². The molecule has 1 aromatic rings. The maximum Gasteiger partial charge on any atom is 0.318 e. The monoisotopic (exact) mass is 251 g/mol. The third-order valence-corrected chi connectivity index (χ3v) is 2.98. The number of urea groups is 1. The van der Waals surface area contributed by atoms with E-state index in [-0.39, 0.29) is 17.6 Å². The van der Waals surface area contributed by atoms with Crippen LogP contribution in [0.2, 0.25) is 0 Å². The second-order valence-electron chi connectivity index (χ2n) is 5.89. The van der Waals surface area contributed by atoms with Crippen LogP contribution >= 0.6 is 0 Å². The van der Waals surface area contributed by atoms with E-state index in [0.29, 0.717) is 0 Å². The summed E-state index contributed by atoms with van der Waals surface area (Å²) in [6.07, 6.45) is 1.96. The van der Waals surface area contributed by atoms with E-state index < -0.39 is 0 Å². The lowest BCUT2D eigenvalue weighted by atomic mass is 10.1. The van der Waals surface area contributed by atoms with Crippen molar-refractivity contribution < 1.29 is 9.32 Å². The van der Waals surface area contributed by atoms with Gasteiger partial charge in [0.1, 0.15) is 11.5 Å². The predicted octanol–water partition coefficient (Wildman–Crippen LogP) is 2.63. The largest absolute Gasteiger partial charge is 0.361 e. The molecule has 0 aliphatic carbocycles. The minimum Gasteiger partial charge on any atom is -0.361 e. The molecule has 1 aliphatic rings. The molecular formula is C13H21N3O2. The zero-order chi connectivity index (χ0) is 13.3. The molecule has 0 saturated carbocycles. The number of rotatable bonds is 1. The Morgan fingerprint density at radius 1 is 1.56 bits per heavy atom. The molecule has 1 fully saturated rings. The summed E-state index contributed by atoms with van der Waals surface area (Å²) in [6, 6.07) is 1.93. The molecular weight excluding hydrogens is 230 g/mol. The quantitative estimate of drug-likeness (QED) is 0.834.